The number of halogens is 1. The lowest BCUT2D eigenvalue weighted by Gasteiger charge is -2.06. The van der Waals surface area contributed by atoms with E-state index in [1.165, 1.54) is 30.3 Å². The van der Waals surface area contributed by atoms with Gasteiger partial charge in [-0.15, -0.1) is 0 Å². The molecule has 0 atom stereocenters. The average Bonchev–Trinajstić information content (AvgIpc) is 2.45. The monoisotopic (exact) mass is 273 g/mol. The summed E-state index contributed by atoms with van der Waals surface area (Å²) < 4.78 is 13.0. The molecule has 2 rings (SSSR count). The van der Waals surface area contributed by atoms with Gasteiger partial charge in [-0.3, -0.25) is 4.79 Å². The summed E-state index contributed by atoms with van der Waals surface area (Å²) in [5.41, 5.74) is 1.04. The number of rotatable bonds is 4. The Labute approximate surface area is 114 Å². The molecule has 5 heteroatoms. The minimum absolute atomic E-state index is 0.155. The minimum Gasteiger partial charge on any atom is -0.478 e. The molecule has 2 aromatic carbocycles. The molecule has 0 fully saturated rings. The standard InChI is InChI=1S/C15H12FNO3/c16-13-6-2-4-11(8-13)14(18)17-9-10-3-1-5-12(7-10)15(19)20/h1-8H,9H2,(H,17,18)(H,19,20). The number of amides is 1. The Morgan fingerprint density at radius 1 is 1.05 bits per heavy atom. The van der Waals surface area contributed by atoms with Gasteiger partial charge in [-0.2, -0.15) is 0 Å². The SMILES string of the molecule is O=C(O)c1cccc(CNC(=O)c2cccc(F)c2)c1. The van der Waals surface area contributed by atoms with Crippen LogP contribution in [0.2, 0.25) is 0 Å². The summed E-state index contributed by atoms with van der Waals surface area (Å²) >= 11 is 0. The molecule has 0 saturated carbocycles. The zero-order valence-corrected chi connectivity index (χ0v) is 10.5. The molecule has 2 N–H and O–H groups in total. The summed E-state index contributed by atoms with van der Waals surface area (Å²) in [5, 5.41) is 11.5. The highest BCUT2D eigenvalue weighted by Crippen LogP contribution is 2.07. The van der Waals surface area contributed by atoms with Crippen LogP contribution in [0.25, 0.3) is 0 Å². The quantitative estimate of drug-likeness (QED) is 0.899. The van der Waals surface area contributed by atoms with Crippen molar-refractivity contribution in [3.8, 4) is 0 Å². The predicted molar refractivity (Wildman–Crippen MR) is 71.0 cm³/mol. The van der Waals surface area contributed by atoms with E-state index >= 15 is 0 Å². The van der Waals surface area contributed by atoms with E-state index < -0.39 is 17.7 Å². The van der Waals surface area contributed by atoms with E-state index in [1.54, 1.807) is 12.1 Å². The number of hydrogen-bond donors (Lipinski definition) is 2. The number of carboxylic acids is 1. The molecular formula is C15H12FNO3. The van der Waals surface area contributed by atoms with E-state index in [4.69, 9.17) is 5.11 Å². The van der Waals surface area contributed by atoms with Gasteiger partial charge in [0.1, 0.15) is 5.82 Å². The molecule has 0 spiro atoms. The largest absolute Gasteiger partial charge is 0.478 e. The molecule has 0 bridgehead atoms. The molecule has 0 aromatic heterocycles. The second-order valence-corrected chi connectivity index (χ2v) is 4.20. The summed E-state index contributed by atoms with van der Waals surface area (Å²) in [6.45, 7) is 0.177. The van der Waals surface area contributed by atoms with Crippen molar-refractivity contribution in [1.29, 1.82) is 0 Å². The van der Waals surface area contributed by atoms with Crippen molar-refractivity contribution in [1.82, 2.24) is 5.32 Å². The number of carbonyl (C=O) groups excluding carboxylic acids is 1. The Balaban J connectivity index is 2.03. The van der Waals surface area contributed by atoms with E-state index in [9.17, 15) is 14.0 Å². The Kier molecular flexibility index (Phi) is 4.10. The molecule has 0 saturated heterocycles. The topological polar surface area (TPSA) is 66.4 Å². The Hall–Kier alpha value is -2.69. The van der Waals surface area contributed by atoms with Crippen LogP contribution in [0.15, 0.2) is 48.5 Å². The van der Waals surface area contributed by atoms with Crippen LogP contribution in [0.1, 0.15) is 26.3 Å². The highest BCUT2D eigenvalue weighted by Gasteiger charge is 2.07. The molecular weight excluding hydrogens is 261 g/mol. The van der Waals surface area contributed by atoms with Crippen LogP contribution < -0.4 is 5.32 Å². The first-order chi connectivity index (χ1) is 9.56. The normalized spacial score (nSPS) is 10.1. The fourth-order valence-electron chi connectivity index (χ4n) is 1.73. The lowest BCUT2D eigenvalue weighted by molar-refractivity contribution is 0.0696. The van der Waals surface area contributed by atoms with E-state index in [1.807, 2.05) is 0 Å². The van der Waals surface area contributed by atoms with Gasteiger partial charge in [-0.05, 0) is 35.9 Å². The highest BCUT2D eigenvalue weighted by atomic mass is 19.1. The molecule has 20 heavy (non-hydrogen) atoms. The van der Waals surface area contributed by atoms with Crippen LogP contribution in [0.3, 0.4) is 0 Å². The molecule has 0 aliphatic heterocycles. The lowest BCUT2D eigenvalue weighted by atomic mass is 10.1. The van der Waals surface area contributed by atoms with Gasteiger partial charge in [0, 0.05) is 12.1 Å². The van der Waals surface area contributed by atoms with Crippen molar-refractivity contribution in [2.75, 3.05) is 0 Å². The van der Waals surface area contributed by atoms with Gasteiger partial charge >= 0.3 is 5.97 Å². The number of carbonyl (C=O) groups is 2. The second kappa shape index (κ2) is 5.97. The third-order valence-electron chi connectivity index (χ3n) is 2.71. The van der Waals surface area contributed by atoms with Gasteiger partial charge in [0.2, 0.25) is 0 Å². The van der Waals surface area contributed by atoms with Crippen LogP contribution in [0, 0.1) is 5.82 Å². The predicted octanol–water partition coefficient (Wildman–Crippen LogP) is 2.45. The van der Waals surface area contributed by atoms with Crippen molar-refractivity contribution in [3.63, 3.8) is 0 Å². The summed E-state index contributed by atoms with van der Waals surface area (Å²) in [4.78, 5) is 22.6. The van der Waals surface area contributed by atoms with Gasteiger partial charge in [0.25, 0.3) is 5.91 Å². The van der Waals surface area contributed by atoms with Crippen LogP contribution in [0.4, 0.5) is 4.39 Å². The maximum absolute atomic E-state index is 13.0. The van der Waals surface area contributed by atoms with Crippen molar-refractivity contribution in [2.24, 2.45) is 0 Å². The third-order valence-corrected chi connectivity index (χ3v) is 2.71. The zero-order chi connectivity index (χ0) is 14.5. The molecule has 0 aliphatic carbocycles. The smallest absolute Gasteiger partial charge is 0.335 e. The van der Waals surface area contributed by atoms with E-state index in [0.29, 0.717) is 5.56 Å². The van der Waals surface area contributed by atoms with Crippen LogP contribution in [-0.4, -0.2) is 17.0 Å². The summed E-state index contributed by atoms with van der Waals surface area (Å²) in [6.07, 6.45) is 0. The second-order valence-electron chi connectivity index (χ2n) is 4.20. The van der Waals surface area contributed by atoms with Gasteiger partial charge < -0.3 is 10.4 Å². The molecule has 2 aromatic rings. The Bertz CT molecular complexity index is 655. The first kappa shape index (κ1) is 13.7. The fourth-order valence-corrected chi connectivity index (χ4v) is 1.73. The molecule has 102 valence electrons. The highest BCUT2D eigenvalue weighted by molar-refractivity contribution is 5.94. The maximum Gasteiger partial charge on any atom is 0.335 e. The lowest BCUT2D eigenvalue weighted by Crippen LogP contribution is -2.23. The minimum atomic E-state index is -1.02. The number of nitrogens with one attached hydrogen (secondary N) is 1. The number of carboxylic acid groups (broad SMARTS) is 1. The molecule has 4 nitrogen and oxygen atoms in total. The summed E-state index contributed by atoms with van der Waals surface area (Å²) in [6, 6.07) is 11.6. The van der Waals surface area contributed by atoms with E-state index in [2.05, 4.69) is 5.32 Å². The van der Waals surface area contributed by atoms with Crippen LogP contribution in [0.5, 0.6) is 0 Å². The van der Waals surface area contributed by atoms with Crippen LogP contribution >= 0.6 is 0 Å². The Morgan fingerprint density at radius 3 is 2.45 bits per heavy atom. The fraction of sp³-hybridized carbons (Fsp3) is 0.0667. The third kappa shape index (κ3) is 3.41. The first-order valence-electron chi connectivity index (χ1n) is 5.92. The van der Waals surface area contributed by atoms with Crippen molar-refractivity contribution < 1.29 is 19.1 Å². The van der Waals surface area contributed by atoms with Gasteiger partial charge in [-0.25, -0.2) is 9.18 Å². The zero-order valence-electron chi connectivity index (χ0n) is 10.5. The van der Waals surface area contributed by atoms with Gasteiger partial charge in [-0.1, -0.05) is 18.2 Å². The molecule has 0 unspecified atom stereocenters. The van der Waals surface area contributed by atoms with Gasteiger partial charge in [0.15, 0.2) is 0 Å². The van der Waals surface area contributed by atoms with E-state index in [0.717, 1.165) is 6.07 Å². The summed E-state index contributed by atoms with van der Waals surface area (Å²) in [7, 11) is 0. The summed E-state index contributed by atoms with van der Waals surface area (Å²) in [5.74, 6) is -1.92. The average molecular weight is 273 g/mol. The number of benzene rings is 2. The van der Waals surface area contributed by atoms with E-state index in [-0.39, 0.29) is 17.7 Å². The van der Waals surface area contributed by atoms with Gasteiger partial charge in [0.05, 0.1) is 5.56 Å². The molecule has 0 aliphatic rings. The number of aromatic carboxylic acids is 1. The van der Waals surface area contributed by atoms with Crippen LogP contribution in [-0.2, 0) is 6.54 Å². The molecule has 0 radical (unpaired) electrons. The van der Waals surface area contributed by atoms with Crippen molar-refractivity contribution in [2.45, 2.75) is 6.54 Å². The van der Waals surface area contributed by atoms with Crippen molar-refractivity contribution >= 4 is 11.9 Å². The van der Waals surface area contributed by atoms with Crippen molar-refractivity contribution in [3.05, 3.63) is 71.0 Å². The first-order valence-corrected chi connectivity index (χ1v) is 5.92. The number of hydrogen-bond acceptors (Lipinski definition) is 2. The maximum atomic E-state index is 13.0. The molecule has 1 amide bonds. The molecule has 0 heterocycles. The Morgan fingerprint density at radius 2 is 1.75 bits per heavy atom.